The second-order valence-electron chi connectivity index (χ2n) is 4.65. The number of nitrogens with zero attached hydrogens (tertiary/aromatic N) is 2. The summed E-state index contributed by atoms with van der Waals surface area (Å²) in [5, 5.41) is 8.99. The quantitative estimate of drug-likeness (QED) is 0.691. The number of carbonyl (C=O) groups is 1. The van der Waals surface area contributed by atoms with Crippen molar-refractivity contribution in [1.82, 2.24) is 15.3 Å². The van der Waals surface area contributed by atoms with E-state index < -0.39 is 0 Å². The molecule has 0 aliphatic heterocycles. The molecule has 1 aromatic rings. The largest absolute Gasteiger partial charge is 0.370 e. The molecular formula is C13H21N5O. The first kappa shape index (κ1) is 13.6. The van der Waals surface area contributed by atoms with Crippen molar-refractivity contribution in [2.24, 2.45) is 0 Å². The first-order valence-corrected chi connectivity index (χ1v) is 6.80. The van der Waals surface area contributed by atoms with Crippen LogP contribution in [0.2, 0.25) is 0 Å². The van der Waals surface area contributed by atoms with Crippen molar-refractivity contribution in [3.05, 3.63) is 11.9 Å². The molecule has 1 fully saturated rings. The molecule has 0 spiro atoms. The Labute approximate surface area is 113 Å². The molecule has 1 heterocycles. The fourth-order valence-electron chi connectivity index (χ4n) is 1.78. The van der Waals surface area contributed by atoms with E-state index >= 15 is 0 Å². The minimum absolute atomic E-state index is 0.0240. The van der Waals surface area contributed by atoms with Crippen molar-refractivity contribution in [3.8, 4) is 0 Å². The van der Waals surface area contributed by atoms with Gasteiger partial charge in [0.2, 0.25) is 5.91 Å². The van der Waals surface area contributed by atoms with Crippen LogP contribution in [0.3, 0.4) is 0 Å². The molecule has 19 heavy (non-hydrogen) atoms. The lowest BCUT2D eigenvalue weighted by atomic mass is 10.3. The highest BCUT2D eigenvalue weighted by Gasteiger charge is 2.27. The van der Waals surface area contributed by atoms with E-state index in [2.05, 4.69) is 25.9 Å². The average Bonchev–Trinajstić information content (AvgIpc) is 3.23. The van der Waals surface area contributed by atoms with Crippen molar-refractivity contribution in [1.29, 1.82) is 0 Å². The fraction of sp³-hybridized carbons (Fsp3) is 0.615. The van der Waals surface area contributed by atoms with Crippen molar-refractivity contribution in [2.75, 3.05) is 30.8 Å². The molecule has 2 rings (SSSR count). The number of amides is 1. The number of hydrogen-bond donors (Lipinski definition) is 3. The lowest BCUT2D eigenvalue weighted by molar-refractivity contribution is -0.120. The molecule has 104 valence electrons. The van der Waals surface area contributed by atoms with Crippen molar-refractivity contribution < 1.29 is 4.79 Å². The van der Waals surface area contributed by atoms with Gasteiger partial charge in [-0.15, -0.1) is 0 Å². The molecule has 1 amide bonds. The Kier molecular flexibility index (Phi) is 4.54. The van der Waals surface area contributed by atoms with Crippen molar-refractivity contribution in [2.45, 2.75) is 32.1 Å². The second kappa shape index (κ2) is 6.36. The van der Waals surface area contributed by atoms with Gasteiger partial charge in [0.15, 0.2) is 0 Å². The average molecular weight is 263 g/mol. The van der Waals surface area contributed by atoms with Crippen LogP contribution in [0.25, 0.3) is 0 Å². The zero-order chi connectivity index (χ0) is 13.7. The van der Waals surface area contributed by atoms with E-state index in [0.717, 1.165) is 24.0 Å². The summed E-state index contributed by atoms with van der Waals surface area (Å²) in [6.07, 6.45) is 2.79. The monoisotopic (exact) mass is 263 g/mol. The van der Waals surface area contributed by atoms with Gasteiger partial charge in [-0.3, -0.25) is 4.79 Å². The number of nitrogens with one attached hydrogen (secondary N) is 3. The minimum atomic E-state index is 0.0240. The van der Waals surface area contributed by atoms with Gasteiger partial charge in [-0.25, -0.2) is 9.97 Å². The Bertz CT molecular complexity index is 445. The standard InChI is InChI=1S/C13H21N5O/c1-3-15-10-8-11(16-7-6-12(19)14-2)18-13(17-10)9-4-5-9/h8-9H,3-7H2,1-2H3,(H,14,19)(H2,15,16,17,18). The van der Waals surface area contributed by atoms with E-state index in [1.807, 2.05) is 13.0 Å². The minimum Gasteiger partial charge on any atom is -0.370 e. The van der Waals surface area contributed by atoms with Crippen LogP contribution >= 0.6 is 0 Å². The highest BCUT2D eigenvalue weighted by molar-refractivity contribution is 5.76. The van der Waals surface area contributed by atoms with Gasteiger partial charge in [0.1, 0.15) is 17.5 Å². The summed E-state index contributed by atoms with van der Waals surface area (Å²) < 4.78 is 0. The topological polar surface area (TPSA) is 78.9 Å². The number of aromatic nitrogens is 2. The number of hydrogen-bond acceptors (Lipinski definition) is 5. The fourth-order valence-corrected chi connectivity index (χ4v) is 1.78. The van der Waals surface area contributed by atoms with E-state index in [-0.39, 0.29) is 5.91 Å². The van der Waals surface area contributed by atoms with E-state index in [4.69, 9.17) is 0 Å². The Morgan fingerprint density at radius 2 is 2.00 bits per heavy atom. The first-order valence-electron chi connectivity index (χ1n) is 6.80. The Morgan fingerprint density at radius 1 is 1.32 bits per heavy atom. The maximum Gasteiger partial charge on any atom is 0.221 e. The zero-order valence-corrected chi connectivity index (χ0v) is 11.5. The molecule has 0 unspecified atom stereocenters. The van der Waals surface area contributed by atoms with Gasteiger partial charge in [-0.05, 0) is 19.8 Å². The molecule has 1 saturated carbocycles. The number of rotatable bonds is 7. The smallest absolute Gasteiger partial charge is 0.221 e. The molecule has 0 bridgehead atoms. The normalized spacial score (nSPS) is 14.0. The van der Waals surface area contributed by atoms with E-state index in [1.165, 1.54) is 12.8 Å². The summed E-state index contributed by atoms with van der Waals surface area (Å²) in [6, 6.07) is 1.89. The molecule has 6 nitrogen and oxygen atoms in total. The third-order valence-electron chi connectivity index (χ3n) is 2.98. The molecular weight excluding hydrogens is 242 g/mol. The van der Waals surface area contributed by atoms with Crippen LogP contribution in [0.4, 0.5) is 11.6 Å². The lowest BCUT2D eigenvalue weighted by Gasteiger charge is -2.10. The number of anilines is 2. The van der Waals surface area contributed by atoms with Crippen LogP contribution < -0.4 is 16.0 Å². The summed E-state index contributed by atoms with van der Waals surface area (Å²) in [7, 11) is 1.64. The summed E-state index contributed by atoms with van der Waals surface area (Å²) in [5.41, 5.74) is 0. The van der Waals surface area contributed by atoms with Crippen molar-refractivity contribution >= 4 is 17.5 Å². The van der Waals surface area contributed by atoms with Crippen LogP contribution in [0.5, 0.6) is 0 Å². The van der Waals surface area contributed by atoms with Gasteiger partial charge in [0.25, 0.3) is 0 Å². The van der Waals surface area contributed by atoms with Crippen LogP contribution in [0.1, 0.15) is 37.9 Å². The Morgan fingerprint density at radius 3 is 2.58 bits per heavy atom. The van der Waals surface area contributed by atoms with Crippen LogP contribution in [0.15, 0.2) is 6.07 Å². The molecule has 1 aliphatic rings. The summed E-state index contributed by atoms with van der Waals surface area (Å²) >= 11 is 0. The molecule has 0 aromatic carbocycles. The molecule has 1 aliphatic carbocycles. The van der Waals surface area contributed by atoms with Crippen LogP contribution in [0, 0.1) is 0 Å². The highest BCUT2D eigenvalue weighted by Crippen LogP contribution is 2.38. The van der Waals surface area contributed by atoms with Gasteiger partial charge in [-0.2, -0.15) is 0 Å². The van der Waals surface area contributed by atoms with Gasteiger partial charge in [-0.1, -0.05) is 0 Å². The van der Waals surface area contributed by atoms with Gasteiger partial charge in [0.05, 0.1) is 0 Å². The van der Waals surface area contributed by atoms with Crippen LogP contribution in [-0.2, 0) is 4.79 Å². The molecule has 0 atom stereocenters. The second-order valence-corrected chi connectivity index (χ2v) is 4.65. The lowest BCUT2D eigenvalue weighted by Crippen LogP contribution is -2.21. The van der Waals surface area contributed by atoms with E-state index in [9.17, 15) is 4.79 Å². The van der Waals surface area contributed by atoms with Gasteiger partial charge in [0, 0.05) is 38.5 Å². The molecule has 0 radical (unpaired) electrons. The van der Waals surface area contributed by atoms with E-state index in [1.54, 1.807) is 7.05 Å². The number of carbonyl (C=O) groups excluding carboxylic acids is 1. The van der Waals surface area contributed by atoms with Crippen molar-refractivity contribution in [3.63, 3.8) is 0 Å². The zero-order valence-electron chi connectivity index (χ0n) is 11.5. The van der Waals surface area contributed by atoms with Gasteiger partial charge < -0.3 is 16.0 Å². The Hall–Kier alpha value is -1.85. The predicted molar refractivity (Wildman–Crippen MR) is 75.3 cm³/mol. The molecule has 6 heteroatoms. The van der Waals surface area contributed by atoms with E-state index in [0.29, 0.717) is 18.9 Å². The van der Waals surface area contributed by atoms with Crippen LogP contribution in [-0.4, -0.2) is 36.0 Å². The highest BCUT2D eigenvalue weighted by atomic mass is 16.1. The molecule has 0 saturated heterocycles. The third-order valence-corrected chi connectivity index (χ3v) is 2.98. The molecule has 1 aromatic heterocycles. The summed E-state index contributed by atoms with van der Waals surface area (Å²) in [5.74, 6) is 3.08. The maximum absolute atomic E-state index is 11.2. The Balaban J connectivity index is 1.99. The molecule has 3 N–H and O–H groups in total. The maximum atomic E-state index is 11.2. The third kappa shape index (κ3) is 4.08. The SMILES string of the molecule is CCNc1cc(NCCC(=O)NC)nc(C2CC2)n1. The first-order chi connectivity index (χ1) is 9.22. The van der Waals surface area contributed by atoms with Gasteiger partial charge >= 0.3 is 0 Å². The predicted octanol–water partition coefficient (Wildman–Crippen LogP) is 1.33. The summed E-state index contributed by atoms with van der Waals surface area (Å²) in [4.78, 5) is 20.2. The summed E-state index contributed by atoms with van der Waals surface area (Å²) in [6.45, 7) is 3.45.